The van der Waals surface area contributed by atoms with E-state index in [1.165, 1.54) is 18.6 Å². The maximum absolute atomic E-state index is 9.77. The van der Waals surface area contributed by atoms with Crippen molar-refractivity contribution in [2.75, 3.05) is 0 Å². The Morgan fingerprint density at radius 1 is 1.36 bits per heavy atom. The number of hydrogen-bond donors (Lipinski definition) is 0. The summed E-state index contributed by atoms with van der Waals surface area (Å²) in [6.45, 7) is 1.27. The van der Waals surface area contributed by atoms with Gasteiger partial charge in [-0.15, -0.1) is 0 Å². The average molecular weight is 190 g/mol. The second-order valence-electron chi connectivity index (χ2n) is 1.76. The molecule has 0 aromatic heterocycles. The van der Waals surface area contributed by atoms with Gasteiger partial charge in [-0.1, -0.05) is 23.2 Å². The summed E-state index contributed by atoms with van der Waals surface area (Å²) in [7, 11) is 0. The van der Waals surface area contributed by atoms with Gasteiger partial charge in [-0.2, -0.15) is 0 Å². The minimum atomic E-state index is 0.256. The first-order chi connectivity index (χ1) is 5.24. The Hall–Kier alpha value is -0.730. The molecule has 0 aliphatic carbocycles. The van der Waals surface area contributed by atoms with Gasteiger partial charge in [-0.25, -0.2) is 4.79 Å². The van der Waals surface area contributed by atoms with Crippen molar-refractivity contribution in [3.8, 4) is 5.75 Å². The molecule has 0 N–H and O–H groups in total. The Kier molecular flexibility index (Phi) is 2.74. The SMILES string of the molecule is O=[C]Oc1ccc(Cl)cc1Cl. The van der Waals surface area contributed by atoms with E-state index in [0.717, 1.165) is 0 Å². The quantitative estimate of drug-likeness (QED) is 0.715. The number of ether oxygens (including phenoxy) is 1. The molecule has 0 spiro atoms. The highest BCUT2D eigenvalue weighted by Crippen LogP contribution is 2.26. The van der Waals surface area contributed by atoms with Crippen molar-refractivity contribution in [1.82, 2.24) is 0 Å². The summed E-state index contributed by atoms with van der Waals surface area (Å²) in [6, 6.07) is 4.55. The highest BCUT2D eigenvalue weighted by Gasteiger charge is 2.00. The average Bonchev–Trinajstić information content (AvgIpc) is 1.95. The third-order valence-corrected chi connectivity index (χ3v) is 1.58. The van der Waals surface area contributed by atoms with Crippen LogP contribution in [0.4, 0.5) is 0 Å². The van der Waals surface area contributed by atoms with E-state index >= 15 is 0 Å². The van der Waals surface area contributed by atoms with Crippen LogP contribution in [-0.4, -0.2) is 6.47 Å². The zero-order valence-electron chi connectivity index (χ0n) is 5.30. The fourth-order valence-corrected chi connectivity index (χ4v) is 1.05. The number of rotatable bonds is 2. The molecule has 0 bridgehead atoms. The van der Waals surface area contributed by atoms with Gasteiger partial charge < -0.3 is 4.74 Å². The zero-order chi connectivity index (χ0) is 8.27. The normalized spacial score (nSPS) is 9.27. The lowest BCUT2D eigenvalue weighted by molar-refractivity contribution is 0.443. The highest BCUT2D eigenvalue weighted by atomic mass is 35.5. The van der Waals surface area contributed by atoms with Crippen molar-refractivity contribution < 1.29 is 9.53 Å². The van der Waals surface area contributed by atoms with Crippen LogP contribution in [-0.2, 0) is 4.79 Å². The van der Waals surface area contributed by atoms with Crippen molar-refractivity contribution in [2.45, 2.75) is 0 Å². The van der Waals surface area contributed by atoms with Crippen LogP contribution in [0.5, 0.6) is 5.75 Å². The summed E-state index contributed by atoms with van der Waals surface area (Å²) >= 11 is 11.2. The van der Waals surface area contributed by atoms with Gasteiger partial charge in [0.1, 0.15) is 5.75 Å². The fraction of sp³-hybridized carbons (Fsp3) is 0. The van der Waals surface area contributed by atoms with Gasteiger partial charge in [-0.05, 0) is 18.2 Å². The Labute approximate surface area is 73.7 Å². The molecule has 11 heavy (non-hydrogen) atoms. The standard InChI is InChI=1S/C7H3Cl2O2/c8-5-1-2-7(11-4-10)6(9)3-5/h1-3H. The Bertz CT molecular complexity index is 273. The molecule has 0 amide bonds. The van der Waals surface area contributed by atoms with Crippen molar-refractivity contribution in [2.24, 2.45) is 0 Å². The summed E-state index contributed by atoms with van der Waals surface area (Å²) in [4.78, 5) is 9.77. The van der Waals surface area contributed by atoms with Gasteiger partial charge >= 0.3 is 6.47 Å². The second kappa shape index (κ2) is 3.60. The fourth-order valence-electron chi connectivity index (χ4n) is 0.603. The molecule has 1 radical (unpaired) electrons. The largest absolute Gasteiger partial charge is 0.423 e. The van der Waals surface area contributed by atoms with E-state index in [-0.39, 0.29) is 5.75 Å². The zero-order valence-corrected chi connectivity index (χ0v) is 6.82. The number of benzene rings is 1. The summed E-state index contributed by atoms with van der Waals surface area (Å²) in [5.41, 5.74) is 0. The molecule has 1 aromatic rings. The van der Waals surface area contributed by atoms with Crippen LogP contribution in [0, 0.1) is 0 Å². The molecule has 2 nitrogen and oxygen atoms in total. The van der Waals surface area contributed by atoms with Crippen LogP contribution in [0.2, 0.25) is 10.0 Å². The van der Waals surface area contributed by atoms with E-state index in [0.29, 0.717) is 10.0 Å². The van der Waals surface area contributed by atoms with Crippen LogP contribution in [0.1, 0.15) is 0 Å². The van der Waals surface area contributed by atoms with Gasteiger partial charge in [0.15, 0.2) is 0 Å². The summed E-state index contributed by atoms with van der Waals surface area (Å²) < 4.78 is 4.40. The van der Waals surface area contributed by atoms with Gasteiger partial charge in [0.2, 0.25) is 0 Å². The van der Waals surface area contributed by atoms with Gasteiger partial charge in [0, 0.05) is 5.02 Å². The molecule has 1 rings (SSSR count). The lowest BCUT2D eigenvalue weighted by Crippen LogP contribution is -1.88. The number of hydrogen-bond acceptors (Lipinski definition) is 2. The van der Waals surface area contributed by atoms with Crippen molar-refractivity contribution in [3.05, 3.63) is 28.2 Å². The minimum Gasteiger partial charge on any atom is -0.416 e. The van der Waals surface area contributed by atoms with Crippen LogP contribution in [0.15, 0.2) is 18.2 Å². The molecule has 0 aliphatic rings. The summed E-state index contributed by atoms with van der Waals surface area (Å²) in [5, 5.41) is 0.786. The summed E-state index contributed by atoms with van der Waals surface area (Å²) in [5.74, 6) is 0.256. The number of carbonyl (C=O) groups excluding carboxylic acids is 1. The van der Waals surface area contributed by atoms with E-state index in [1.54, 1.807) is 6.07 Å². The van der Waals surface area contributed by atoms with E-state index in [2.05, 4.69) is 4.74 Å². The smallest absolute Gasteiger partial charge is 0.416 e. The predicted octanol–water partition coefficient (Wildman–Crippen LogP) is 2.44. The number of halogens is 2. The van der Waals surface area contributed by atoms with Crippen molar-refractivity contribution in [3.63, 3.8) is 0 Å². The molecule has 0 saturated heterocycles. The minimum absolute atomic E-state index is 0.256. The topological polar surface area (TPSA) is 26.3 Å². The molecule has 1 aromatic carbocycles. The Balaban J connectivity index is 2.98. The van der Waals surface area contributed by atoms with Gasteiger partial charge in [0.25, 0.3) is 0 Å². The molecule has 0 unspecified atom stereocenters. The van der Waals surface area contributed by atoms with E-state index in [4.69, 9.17) is 23.2 Å². The maximum Gasteiger partial charge on any atom is 0.423 e. The lowest BCUT2D eigenvalue weighted by atomic mass is 10.3. The second-order valence-corrected chi connectivity index (χ2v) is 2.60. The lowest BCUT2D eigenvalue weighted by Gasteiger charge is -1.98. The van der Waals surface area contributed by atoms with E-state index in [1.807, 2.05) is 0 Å². The highest BCUT2D eigenvalue weighted by molar-refractivity contribution is 6.35. The molecule has 0 aliphatic heterocycles. The van der Waals surface area contributed by atoms with Gasteiger partial charge in [0.05, 0.1) is 5.02 Å². The van der Waals surface area contributed by atoms with Crippen LogP contribution < -0.4 is 4.74 Å². The van der Waals surface area contributed by atoms with Crippen LogP contribution in [0.3, 0.4) is 0 Å². The first-order valence-electron chi connectivity index (χ1n) is 2.73. The molecule has 0 saturated carbocycles. The third kappa shape index (κ3) is 2.10. The van der Waals surface area contributed by atoms with Gasteiger partial charge in [-0.3, -0.25) is 0 Å². The summed E-state index contributed by atoms with van der Waals surface area (Å²) in [6.07, 6.45) is 0. The van der Waals surface area contributed by atoms with E-state index in [9.17, 15) is 4.79 Å². The molecular weight excluding hydrogens is 187 g/mol. The first kappa shape index (κ1) is 8.37. The van der Waals surface area contributed by atoms with E-state index < -0.39 is 0 Å². The molecule has 0 fully saturated rings. The monoisotopic (exact) mass is 189 g/mol. The molecule has 0 heterocycles. The first-order valence-corrected chi connectivity index (χ1v) is 3.48. The third-order valence-electron chi connectivity index (χ3n) is 1.05. The molecule has 4 heteroatoms. The van der Waals surface area contributed by atoms with Crippen molar-refractivity contribution in [1.29, 1.82) is 0 Å². The molecular formula is C7H3Cl2O2. The Morgan fingerprint density at radius 3 is 2.64 bits per heavy atom. The van der Waals surface area contributed by atoms with Crippen molar-refractivity contribution >= 4 is 29.7 Å². The van der Waals surface area contributed by atoms with Crippen LogP contribution in [0.25, 0.3) is 0 Å². The molecule has 57 valence electrons. The maximum atomic E-state index is 9.77. The Morgan fingerprint density at radius 2 is 2.09 bits per heavy atom. The molecule has 0 atom stereocenters. The van der Waals surface area contributed by atoms with Crippen LogP contribution >= 0.6 is 23.2 Å². The predicted molar refractivity (Wildman–Crippen MR) is 42.8 cm³/mol.